The second kappa shape index (κ2) is 5.36. The lowest BCUT2D eigenvalue weighted by Crippen LogP contribution is -2.02. The number of imidazole rings is 1. The molecule has 0 spiro atoms. The Labute approximate surface area is 134 Å². The van der Waals surface area contributed by atoms with Crippen LogP contribution >= 0.6 is 23.2 Å². The Morgan fingerprint density at radius 3 is 2.38 bits per heavy atom. The molecule has 3 aromatic rings. The molecule has 1 heterocycles. The third-order valence-electron chi connectivity index (χ3n) is 3.48. The predicted octanol–water partition coefficient (Wildman–Crippen LogP) is 5.60. The second-order valence-corrected chi connectivity index (χ2v) is 6.44. The molecule has 4 heteroatoms. The van der Waals surface area contributed by atoms with E-state index in [1.54, 1.807) is 0 Å². The highest BCUT2D eigenvalue weighted by Crippen LogP contribution is 2.31. The minimum Gasteiger partial charge on any atom is -0.295 e. The molecule has 1 unspecified atom stereocenters. The first-order chi connectivity index (χ1) is 9.97. The summed E-state index contributed by atoms with van der Waals surface area (Å²) in [7, 11) is 0. The smallest absolute Gasteiger partial charge is 0.132 e. The van der Waals surface area contributed by atoms with E-state index >= 15 is 0 Å². The van der Waals surface area contributed by atoms with Crippen molar-refractivity contribution in [1.29, 1.82) is 0 Å². The summed E-state index contributed by atoms with van der Waals surface area (Å²) in [6.45, 7) is 6.11. The third kappa shape index (κ3) is 2.54. The number of aromatic nitrogens is 2. The van der Waals surface area contributed by atoms with E-state index < -0.39 is 0 Å². The quantitative estimate of drug-likeness (QED) is 0.563. The molecule has 0 N–H and O–H groups in total. The molecule has 3 rings (SSSR count). The number of nitrogens with zero attached hydrogens (tertiary/aromatic N) is 2. The molecule has 0 amide bonds. The Kier molecular flexibility index (Phi) is 3.68. The van der Waals surface area contributed by atoms with E-state index in [4.69, 9.17) is 23.2 Å². The number of aryl methyl sites for hydroxylation is 2. The summed E-state index contributed by atoms with van der Waals surface area (Å²) in [5, 5.41) is 0.448. The van der Waals surface area contributed by atoms with Gasteiger partial charge in [0.25, 0.3) is 0 Å². The fourth-order valence-corrected chi connectivity index (χ4v) is 3.06. The van der Waals surface area contributed by atoms with Gasteiger partial charge in [-0.05, 0) is 56.2 Å². The molecule has 1 aromatic heterocycles. The molecule has 2 aromatic carbocycles. The van der Waals surface area contributed by atoms with Gasteiger partial charge in [-0.25, -0.2) is 4.98 Å². The summed E-state index contributed by atoms with van der Waals surface area (Å²) in [4.78, 5) is 4.65. The molecule has 0 saturated heterocycles. The van der Waals surface area contributed by atoms with Crippen molar-refractivity contribution in [3.05, 3.63) is 58.4 Å². The molecule has 0 aliphatic heterocycles. The van der Waals surface area contributed by atoms with Crippen molar-refractivity contribution in [1.82, 2.24) is 9.55 Å². The van der Waals surface area contributed by atoms with Crippen molar-refractivity contribution >= 4 is 34.2 Å². The Hall–Kier alpha value is -1.51. The second-order valence-electron chi connectivity index (χ2n) is 5.37. The van der Waals surface area contributed by atoms with Crippen LogP contribution in [0.3, 0.4) is 0 Å². The van der Waals surface area contributed by atoms with Gasteiger partial charge in [0.1, 0.15) is 11.3 Å². The fourth-order valence-electron chi connectivity index (χ4n) is 2.70. The highest BCUT2D eigenvalue weighted by atomic mass is 35.5. The molecular weight excluding hydrogens is 303 g/mol. The van der Waals surface area contributed by atoms with Crippen molar-refractivity contribution in [2.45, 2.75) is 26.1 Å². The number of fused-ring (bicyclic) bond motifs is 1. The number of halogens is 2. The zero-order valence-electron chi connectivity index (χ0n) is 12.2. The van der Waals surface area contributed by atoms with E-state index in [9.17, 15) is 0 Å². The van der Waals surface area contributed by atoms with Gasteiger partial charge in [0.15, 0.2) is 0 Å². The molecular formula is C17H16Cl2N2. The summed E-state index contributed by atoms with van der Waals surface area (Å²) in [6, 6.07) is 12.2. The van der Waals surface area contributed by atoms with Crippen molar-refractivity contribution < 1.29 is 0 Å². The van der Waals surface area contributed by atoms with Crippen molar-refractivity contribution in [3.8, 4) is 5.69 Å². The Morgan fingerprint density at radius 1 is 1.10 bits per heavy atom. The first-order valence-electron chi connectivity index (χ1n) is 6.87. The van der Waals surface area contributed by atoms with Crippen molar-refractivity contribution in [2.75, 3.05) is 0 Å². The van der Waals surface area contributed by atoms with Gasteiger partial charge in [0, 0.05) is 5.69 Å². The fraction of sp³-hybridized carbons (Fsp3) is 0.235. The van der Waals surface area contributed by atoms with E-state index in [1.807, 2.05) is 25.1 Å². The molecule has 2 nitrogen and oxygen atoms in total. The minimum atomic E-state index is -0.200. The average molecular weight is 319 g/mol. The van der Waals surface area contributed by atoms with Gasteiger partial charge in [0.2, 0.25) is 0 Å². The summed E-state index contributed by atoms with van der Waals surface area (Å²) in [5.74, 6) is 0.810. The van der Waals surface area contributed by atoms with Crippen LogP contribution in [0.4, 0.5) is 0 Å². The zero-order valence-corrected chi connectivity index (χ0v) is 13.7. The minimum absolute atomic E-state index is 0.200. The van der Waals surface area contributed by atoms with Crippen LogP contribution in [-0.4, -0.2) is 9.55 Å². The van der Waals surface area contributed by atoms with Crippen LogP contribution in [0.15, 0.2) is 36.4 Å². The Bertz CT molecular complexity index is 799. The highest BCUT2D eigenvalue weighted by Gasteiger charge is 2.18. The topological polar surface area (TPSA) is 17.8 Å². The number of rotatable bonds is 2. The molecule has 0 fully saturated rings. The lowest BCUT2D eigenvalue weighted by Gasteiger charge is -2.12. The largest absolute Gasteiger partial charge is 0.295 e. The number of alkyl halides is 1. The molecule has 0 saturated carbocycles. The first kappa shape index (κ1) is 14.4. The molecule has 0 aliphatic rings. The molecule has 21 heavy (non-hydrogen) atoms. The lowest BCUT2D eigenvalue weighted by molar-refractivity contribution is 0.881. The zero-order chi connectivity index (χ0) is 15.1. The van der Waals surface area contributed by atoms with Crippen molar-refractivity contribution in [2.24, 2.45) is 0 Å². The van der Waals surface area contributed by atoms with Crippen LogP contribution in [0.1, 0.15) is 29.3 Å². The average Bonchev–Trinajstić information content (AvgIpc) is 2.78. The number of hydrogen-bond donors (Lipinski definition) is 0. The van der Waals surface area contributed by atoms with Gasteiger partial charge >= 0.3 is 0 Å². The number of hydrogen-bond acceptors (Lipinski definition) is 1. The van der Waals surface area contributed by atoms with E-state index in [2.05, 4.69) is 41.6 Å². The maximum absolute atomic E-state index is 6.34. The van der Waals surface area contributed by atoms with E-state index in [1.165, 1.54) is 11.1 Å². The first-order valence-corrected chi connectivity index (χ1v) is 7.68. The van der Waals surface area contributed by atoms with Gasteiger partial charge in [0.05, 0.1) is 15.9 Å². The number of para-hydroxylation sites is 1. The third-order valence-corrected chi connectivity index (χ3v) is 3.98. The monoisotopic (exact) mass is 318 g/mol. The van der Waals surface area contributed by atoms with Crippen LogP contribution in [0.2, 0.25) is 5.02 Å². The van der Waals surface area contributed by atoms with E-state index in [0.29, 0.717) is 5.02 Å². The molecule has 0 bridgehead atoms. The summed E-state index contributed by atoms with van der Waals surface area (Å²) < 4.78 is 2.10. The Morgan fingerprint density at radius 2 is 1.76 bits per heavy atom. The highest BCUT2D eigenvalue weighted by molar-refractivity contribution is 6.35. The van der Waals surface area contributed by atoms with Crippen LogP contribution in [0.5, 0.6) is 0 Å². The summed E-state index contributed by atoms with van der Waals surface area (Å²) in [5.41, 5.74) is 5.26. The van der Waals surface area contributed by atoms with Gasteiger partial charge in [-0.15, -0.1) is 11.6 Å². The van der Waals surface area contributed by atoms with Gasteiger partial charge < -0.3 is 0 Å². The van der Waals surface area contributed by atoms with Crippen LogP contribution in [-0.2, 0) is 0 Å². The van der Waals surface area contributed by atoms with Gasteiger partial charge in [-0.1, -0.05) is 23.7 Å². The SMILES string of the molecule is Cc1cc(C)cc(-n2c(C(C)Cl)nc3c(Cl)cccc32)c1. The van der Waals surface area contributed by atoms with E-state index in [0.717, 1.165) is 22.5 Å². The van der Waals surface area contributed by atoms with Gasteiger partial charge in [-0.2, -0.15) is 0 Å². The normalized spacial score (nSPS) is 12.8. The predicted molar refractivity (Wildman–Crippen MR) is 89.8 cm³/mol. The van der Waals surface area contributed by atoms with Gasteiger partial charge in [-0.3, -0.25) is 4.57 Å². The van der Waals surface area contributed by atoms with Crippen LogP contribution < -0.4 is 0 Å². The van der Waals surface area contributed by atoms with E-state index in [-0.39, 0.29) is 5.38 Å². The summed E-state index contributed by atoms with van der Waals surface area (Å²) in [6.07, 6.45) is 0. The maximum Gasteiger partial charge on any atom is 0.132 e. The lowest BCUT2D eigenvalue weighted by atomic mass is 10.1. The van der Waals surface area contributed by atoms with Crippen LogP contribution in [0.25, 0.3) is 16.7 Å². The Balaban J connectivity index is 2.39. The summed E-state index contributed by atoms with van der Waals surface area (Å²) >= 11 is 12.6. The van der Waals surface area contributed by atoms with Crippen molar-refractivity contribution in [3.63, 3.8) is 0 Å². The molecule has 1 atom stereocenters. The van der Waals surface area contributed by atoms with Crippen LogP contribution in [0, 0.1) is 13.8 Å². The standard InChI is InChI=1S/C17H16Cl2N2/c1-10-7-11(2)9-13(8-10)21-15-6-4-5-14(19)16(15)20-17(21)12(3)18/h4-9,12H,1-3H3. The molecule has 0 radical (unpaired) electrons. The maximum atomic E-state index is 6.34. The number of benzene rings is 2. The molecule has 0 aliphatic carbocycles. The molecule has 108 valence electrons.